The zero-order valence-corrected chi connectivity index (χ0v) is 13.8. The van der Waals surface area contributed by atoms with Crippen LogP contribution in [-0.2, 0) is 6.42 Å². The second-order valence-electron chi connectivity index (χ2n) is 4.41. The van der Waals surface area contributed by atoms with Crippen LogP contribution in [0.2, 0.25) is 0 Å². The fourth-order valence-corrected chi connectivity index (χ4v) is 2.90. The molecule has 1 atom stereocenters. The highest BCUT2D eigenvalue weighted by Crippen LogP contribution is 2.23. The third kappa shape index (κ3) is 3.80. The molecule has 0 aliphatic carbocycles. The summed E-state index contributed by atoms with van der Waals surface area (Å²) in [5, 5.41) is 10.3. The van der Waals surface area contributed by atoms with Crippen LogP contribution in [0.3, 0.4) is 0 Å². The monoisotopic (exact) mass is 416 g/mol. The molecule has 0 fully saturated rings. The zero-order valence-electron chi connectivity index (χ0n) is 10.0. The van der Waals surface area contributed by atoms with Crippen LogP contribution in [0.25, 0.3) is 0 Å². The second-order valence-corrected chi connectivity index (χ2v) is 6.57. The Morgan fingerprint density at radius 2 is 1.83 bits per heavy atom. The van der Waals surface area contributed by atoms with Crippen molar-refractivity contribution >= 4 is 38.5 Å². The third-order valence-electron chi connectivity index (χ3n) is 2.79. The van der Waals surface area contributed by atoms with Crippen LogP contribution < -0.4 is 0 Å². The number of aliphatic hydroxyl groups is 1. The normalized spacial score (nSPS) is 12.4. The van der Waals surface area contributed by atoms with Crippen molar-refractivity contribution in [2.24, 2.45) is 0 Å². The molecule has 0 saturated carbocycles. The number of hydrogen-bond acceptors (Lipinski definition) is 1. The fraction of sp³-hybridized carbons (Fsp3) is 0.200. The zero-order chi connectivity index (χ0) is 13.1. The van der Waals surface area contributed by atoms with Gasteiger partial charge in [0.15, 0.2) is 0 Å². The van der Waals surface area contributed by atoms with E-state index in [1.807, 2.05) is 25.1 Å². The van der Waals surface area contributed by atoms with Gasteiger partial charge in [-0.3, -0.25) is 0 Å². The number of hydrogen-bond donors (Lipinski definition) is 1. The molecule has 0 aliphatic rings. The van der Waals surface area contributed by atoms with Gasteiger partial charge in [0.25, 0.3) is 0 Å². The fourth-order valence-electron chi connectivity index (χ4n) is 1.92. The minimum Gasteiger partial charge on any atom is -0.388 e. The van der Waals surface area contributed by atoms with Crippen molar-refractivity contribution in [2.75, 3.05) is 0 Å². The average molecular weight is 417 g/mol. The molecule has 0 bridgehead atoms. The predicted octanol–water partition coefficient (Wildman–Crippen LogP) is 4.64. The van der Waals surface area contributed by atoms with E-state index in [1.165, 1.54) is 3.57 Å². The van der Waals surface area contributed by atoms with Crippen LogP contribution in [-0.4, -0.2) is 5.11 Å². The molecule has 0 radical (unpaired) electrons. The van der Waals surface area contributed by atoms with Crippen molar-refractivity contribution in [2.45, 2.75) is 19.4 Å². The first-order valence-corrected chi connectivity index (χ1v) is 7.61. The molecule has 1 unspecified atom stereocenters. The number of benzene rings is 2. The summed E-state index contributed by atoms with van der Waals surface area (Å²) >= 11 is 5.75. The van der Waals surface area contributed by atoms with Crippen molar-refractivity contribution in [3.8, 4) is 0 Å². The summed E-state index contributed by atoms with van der Waals surface area (Å²) in [6, 6.07) is 14.3. The van der Waals surface area contributed by atoms with Crippen molar-refractivity contribution in [3.05, 3.63) is 67.2 Å². The van der Waals surface area contributed by atoms with Crippen molar-refractivity contribution in [1.29, 1.82) is 0 Å². The predicted molar refractivity (Wildman–Crippen MR) is 86.7 cm³/mol. The van der Waals surface area contributed by atoms with Crippen molar-refractivity contribution in [3.63, 3.8) is 0 Å². The molecule has 0 aromatic heterocycles. The summed E-state index contributed by atoms with van der Waals surface area (Å²) in [6.07, 6.45) is 0.188. The van der Waals surface area contributed by atoms with Gasteiger partial charge in [-0.15, -0.1) is 0 Å². The van der Waals surface area contributed by atoms with Crippen molar-refractivity contribution in [1.82, 2.24) is 0 Å². The van der Waals surface area contributed by atoms with Crippen LogP contribution in [0.4, 0.5) is 0 Å². The van der Waals surface area contributed by atoms with Gasteiger partial charge in [-0.25, -0.2) is 0 Å². The highest BCUT2D eigenvalue weighted by molar-refractivity contribution is 14.1. The van der Waals surface area contributed by atoms with E-state index in [0.29, 0.717) is 6.42 Å². The lowest BCUT2D eigenvalue weighted by Gasteiger charge is -2.12. The van der Waals surface area contributed by atoms with Gasteiger partial charge in [0.2, 0.25) is 0 Å². The summed E-state index contributed by atoms with van der Waals surface area (Å²) in [5.74, 6) is 0. The maximum Gasteiger partial charge on any atom is 0.0830 e. The van der Waals surface area contributed by atoms with E-state index in [0.717, 1.165) is 21.2 Å². The molecular weight excluding hydrogens is 403 g/mol. The molecule has 0 spiro atoms. The molecule has 0 amide bonds. The molecule has 1 N–H and O–H groups in total. The highest BCUT2D eigenvalue weighted by atomic mass is 127. The maximum absolute atomic E-state index is 10.3. The van der Waals surface area contributed by atoms with Gasteiger partial charge in [-0.05, 0) is 70.5 Å². The highest BCUT2D eigenvalue weighted by Gasteiger charge is 2.09. The van der Waals surface area contributed by atoms with E-state index < -0.39 is 6.10 Å². The van der Waals surface area contributed by atoms with Crippen molar-refractivity contribution < 1.29 is 5.11 Å². The molecule has 2 rings (SSSR count). The Morgan fingerprint density at radius 3 is 2.44 bits per heavy atom. The smallest absolute Gasteiger partial charge is 0.0830 e. The molecule has 0 heterocycles. The summed E-state index contributed by atoms with van der Waals surface area (Å²) in [7, 11) is 0. The van der Waals surface area contributed by atoms with Gasteiger partial charge in [0.1, 0.15) is 0 Å². The van der Waals surface area contributed by atoms with Gasteiger partial charge in [0.05, 0.1) is 6.10 Å². The largest absolute Gasteiger partial charge is 0.388 e. The lowest BCUT2D eigenvalue weighted by atomic mass is 10.0. The number of rotatable bonds is 3. The maximum atomic E-state index is 10.3. The SMILES string of the molecule is Cc1cc(Br)cc(C(O)Cc2ccc(I)cc2)c1. The molecular formula is C15H14BrIO. The first-order chi connectivity index (χ1) is 8.54. The summed E-state index contributed by atoms with van der Waals surface area (Å²) in [5.41, 5.74) is 3.27. The minimum atomic E-state index is -0.457. The first-order valence-electron chi connectivity index (χ1n) is 5.74. The Hall–Kier alpha value is -0.390. The molecule has 3 heteroatoms. The Bertz CT molecular complexity index is 516. The molecule has 94 valence electrons. The van der Waals surface area contributed by atoms with Crippen LogP contribution in [0.1, 0.15) is 22.8 Å². The van der Waals surface area contributed by atoms with E-state index in [2.05, 4.69) is 62.8 Å². The Balaban J connectivity index is 2.16. The van der Waals surface area contributed by atoms with Gasteiger partial charge < -0.3 is 5.11 Å². The molecule has 1 nitrogen and oxygen atoms in total. The molecule has 2 aromatic rings. The number of aryl methyl sites for hydroxylation is 1. The van der Waals surface area contributed by atoms with E-state index in [1.54, 1.807) is 0 Å². The van der Waals surface area contributed by atoms with E-state index in [4.69, 9.17) is 0 Å². The van der Waals surface area contributed by atoms with E-state index in [9.17, 15) is 5.11 Å². The van der Waals surface area contributed by atoms with Crippen LogP contribution in [0.15, 0.2) is 46.9 Å². The summed E-state index contributed by atoms with van der Waals surface area (Å²) in [4.78, 5) is 0. The Labute approximate surface area is 130 Å². The second kappa shape index (κ2) is 6.17. The Morgan fingerprint density at radius 1 is 1.17 bits per heavy atom. The van der Waals surface area contributed by atoms with Gasteiger partial charge in [0, 0.05) is 14.5 Å². The van der Waals surface area contributed by atoms with Crippen LogP contribution in [0, 0.1) is 10.5 Å². The summed E-state index contributed by atoms with van der Waals surface area (Å²) < 4.78 is 2.23. The average Bonchev–Trinajstić information content (AvgIpc) is 2.31. The standard InChI is InChI=1S/C15H14BrIO/c1-10-6-12(9-13(16)7-10)15(18)8-11-2-4-14(17)5-3-11/h2-7,9,15,18H,8H2,1H3. The third-order valence-corrected chi connectivity index (χ3v) is 3.97. The minimum absolute atomic E-state index is 0.457. The van der Waals surface area contributed by atoms with Gasteiger partial charge in [-0.2, -0.15) is 0 Å². The van der Waals surface area contributed by atoms with Gasteiger partial charge in [-0.1, -0.05) is 34.1 Å². The van der Waals surface area contributed by atoms with E-state index >= 15 is 0 Å². The molecule has 18 heavy (non-hydrogen) atoms. The van der Waals surface area contributed by atoms with Crippen LogP contribution in [0.5, 0.6) is 0 Å². The number of aliphatic hydroxyl groups excluding tert-OH is 1. The van der Waals surface area contributed by atoms with Crippen LogP contribution >= 0.6 is 38.5 Å². The topological polar surface area (TPSA) is 20.2 Å². The quantitative estimate of drug-likeness (QED) is 0.722. The molecule has 0 aliphatic heterocycles. The lowest BCUT2D eigenvalue weighted by Crippen LogP contribution is -2.02. The summed E-state index contributed by atoms with van der Waals surface area (Å²) in [6.45, 7) is 2.03. The molecule has 0 saturated heterocycles. The lowest BCUT2D eigenvalue weighted by molar-refractivity contribution is 0.178. The van der Waals surface area contributed by atoms with Gasteiger partial charge >= 0.3 is 0 Å². The Kier molecular flexibility index (Phi) is 4.81. The number of halogens is 2. The molecule has 2 aromatic carbocycles. The first kappa shape index (κ1) is 14.0. The van der Waals surface area contributed by atoms with E-state index in [-0.39, 0.29) is 0 Å².